The summed E-state index contributed by atoms with van der Waals surface area (Å²) < 4.78 is 7.17. The van der Waals surface area contributed by atoms with Crippen LogP contribution in [0.3, 0.4) is 0 Å². The predicted octanol–water partition coefficient (Wildman–Crippen LogP) is 4.76. The molecule has 6 nitrogen and oxygen atoms in total. The first-order valence-electron chi connectivity index (χ1n) is 10.6. The molecule has 4 rings (SSSR count). The van der Waals surface area contributed by atoms with Crippen LogP contribution in [0.4, 0.5) is 0 Å². The molecule has 1 aliphatic carbocycles. The summed E-state index contributed by atoms with van der Waals surface area (Å²) in [5.41, 5.74) is 3.40. The average molecular weight is 437 g/mol. The summed E-state index contributed by atoms with van der Waals surface area (Å²) in [6.45, 7) is 4.35. The van der Waals surface area contributed by atoms with Gasteiger partial charge in [0.25, 0.3) is 0 Å². The van der Waals surface area contributed by atoms with Crippen LogP contribution in [0.1, 0.15) is 49.8 Å². The monoisotopic (exact) mass is 436 g/mol. The van der Waals surface area contributed by atoms with Gasteiger partial charge < -0.3 is 10.1 Å². The highest BCUT2D eigenvalue weighted by molar-refractivity contribution is 7.99. The molecule has 1 fully saturated rings. The molecule has 1 N–H and O–H groups in total. The number of ether oxygens (including phenoxy) is 1. The molecule has 7 heteroatoms. The molecule has 1 heterocycles. The van der Waals surface area contributed by atoms with Crippen LogP contribution in [0, 0.1) is 5.92 Å². The molecule has 1 aromatic heterocycles. The van der Waals surface area contributed by atoms with E-state index in [1.54, 1.807) is 13.4 Å². The largest absolute Gasteiger partial charge is 0.497 e. The van der Waals surface area contributed by atoms with E-state index in [0.29, 0.717) is 22.7 Å². The zero-order valence-electron chi connectivity index (χ0n) is 18.1. The standard InChI is InChI=1S/C24H28N4O2S/c1-16(2)17-6-10-20(11-7-17)28-15-25-27-24(28)31-14-22(29)26-23(18-4-5-18)19-8-12-21(30-3)13-9-19/h6-13,15-16,18,23H,4-5,14H2,1-3H3,(H,26,29). The van der Waals surface area contributed by atoms with Crippen molar-refractivity contribution < 1.29 is 9.53 Å². The van der Waals surface area contributed by atoms with E-state index in [1.165, 1.54) is 17.3 Å². The molecule has 2 aromatic carbocycles. The van der Waals surface area contributed by atoms with Gasteiger partial charge in [-0.05, 0) is 60.1 Å². The number of hydrogen-bond donors (Lipinski definition) is 1. The van der Waals surface area contributed by atoms with E-state index in [2.05, 4.69) is 53.6 Å². The normalized spacial score (nSPS) is 14.5. The maximum Gasteiger partial charge on any atom is 0.230 e. The Morgan fingerprint density at radius 3 is 2.42 bits per heavy atom. The Morgan fingerprint density at radius 2 is 1.81 bits per heavy atom. The van der Waals surface area contributed by atoms with Gasteiger partial charge in [-0.25, -0.2) is 0 Å². The van der Waals surface area contributed by atoms with E-state index < -0.39 is 0 Å². The molecule has 0 radical (unpaired) electrons. The van der Waals surface area contributed by atoms with Gasteiger partial charge in [0.15, 0.2) is 5.16 Å². The van der Waals surface area contributed by atoms with Crippen LogP contribution in [-0.2, 0) is 4.79 Å². The molecule has 0 aliphatic heterocycles. The van der Waals surface area contributed by atoms with E-state index in [9.17, 15) is 4.79 Å². The van der Waals surface area contributed by atoms with Gasteiger partial charge in [0.2, 0.25) is 5.91 Å². The van der Waals surface area contributed by atoms with Crippen molar-refractivity contribution in [1.82, 2.24) is 20.1 Å². The molecule has 162 valence electrons. The lowest BCUT2D eigenvalue weighted by atomic mass is 10.0. The highest BCUT2D eigenvalue weighted by Gasteiger charge is 2.33. The number of thioether (sulfide) groups is 1. The number of hydrogen-bond acceptors (Lipinski definition) is 5. The lowest BCUT2D eigenvalue weighted by Crippen LogP contribution is -2.31. The van der Waals surface area contributed by atoms with Crippen LogP contribution < -0.4 is 10.1 Å². The summed E-state index contributed by atoms with van der Waals surface area (Å²) in [6, 6.07) is 16.4. The van der Waals surface area contributed by atoms with Gasteiger partial charge in [0.05, 0.1) is 18.9 Å². The third-order valence-corrected chi connectivity index (χ3v) is 6.51. The molecule has 0 spiro atoms. The second kappa shape index (κ2) is 9.56. The Bertz CT molecular complexity index is 1010. The van der Waals surface area contributed by atoms with Gasteiger partial charge >= 0.3 is 0 Å². The van der Waals surface area contributed by atoms with Crippen LogP contribution >= 0.6 is 11.8 Å². The van der Waals surface area contributed by atoms with Crippen molar-refractivity contribution in [1.29, 1.82) is 0 Å². The van der Waals surface area contributed by atoms with E-state index in [1.807, 2.05) is 28.8 Å². The van der Waals surface area contributed by atoms with E-state index in [-0.39, 0.29) is 11.9 Å². The maximum atomic E-state index is 12.7. The number of benzene rings is 2. The molecule has 3 aromatic rings. The molecule has 1 unspecified atom stereocenters. The van der Waals surface area contributed by atoms with E-state index in [0.717, 1.165) is 29.8 Å². The smallest absolute Gasteiger partial charge is 0.230 e. The molecule has 1 atom stereocenters. The van der Waals surface area contributed by atoms with Crippen LogP contribution in [0.5, 0.6) is 5.75 Å². The summed E-state index contributed by atoms with van der Waals surface area (Å²) in [5.74, 6) is 2.11. The molecular weight excluding hydrogens is 408 g/mol. The van der Waals surface area contributed by atoms with Crippen molar-refractivity contribution in [3.8, 4) is 11.4 Å². The molecule has 1 aliphatic rings. The van der Waals surface area contributed by atoms with Crippen LogP contribution in [-0.4, -0.2) is 33.5 Å². The van der Waals surface area contributed by atoms with Crippen molar-refractivity contribution in [2.75, 3.05) is 12.9 Å². The summed E-state index contributed by atoms with van der Waals surface area (Å²) >= 11 is 1.40. The Kier molecular flexibility index (Phi) is 6.61. The number of nitrogens with one attached hydrogen (secondary N) is 1. The van der Waals surface area contributed by atoms with Gasteiger partial charge in [-0.2, -0.15) is 0 Å². The summed E-state index contributed by atoms with van der Waals surface area (Å²) in [6.07, 6.45) is 3.98. The van der Waals surface area contributed by atoms with Crippen LogP contribution in [0.25, 0.3) is 5.69 Å². The predicted molar refractivity (Wildman–Crippen MR) is 123 cm³/mol. The molecule has 1 amide bonds. The second-order valence-corrected chi connectivity index (χ2v) is 9.12. The summed E-state index contributed by atoms with van der Waals surface area (Å²) in [4.78, 5) is 12.7. The van der Waals surface area contributed by atoms with Gasteiger partial charge in [0.1, 0.15) is 12.1 Å². The fraction of sp³-hybridized carbons (Fsp3) is 0.375. The summed E-state index contributed by atoms with van der Waals surface area (Å²) in [5, 5.41) is 12.2. The lowest BCUT2D eigenvalue weighted by Gasteiger charge is -2.19. The molecule has 0 bridgehead atoms. The third kappa shape index (κ3) is 5.28. The zero-order valence-corrected chi connectivity index (χ0v) is 18.9. The topological polar surface area (TPSA) is 69.0 Å². The van der Waals surface area contributed by atoms with Gasteiger partial charge in [-0.15, -0.1) is 10.2 Å². The first kappa shape index (κ1) is 21.4. The number of carbonyl (C=O) groups is 1. The SMILES string of the molecule is COc1ccc(C(NC(=O)CSc2nncn2-c2ccc(C(C)C)cc2)C2CC2)cc1. The number of nitrogens with zero attached hydrogens (tertiary/aromatic N) is 3. The van der Waals surface area contributed by atoms with Gasteiger partial charge in [0, 0.05) is 5.69 Å². The highest BCUT2D eigenvalue weighted by Crippen LogP contribution is 2.41. The number of methoxy groups -OCH3 is 1. The Hall–Kier alpha value is -2.80. The van der Waals surface area contributed by atoms with Crippen LogP contribution in [0.2, 0.25) is 0 Å². The third-order valence-electron chi connectivity index (χ3n) is 5.57. The van der Waals surface area contributed by atoms with E-state index in [4.69, 9.17) is 4.74 Å². The minimum absolute atomic E-state index is 0.00224. The molecule has 31 heavy (non-hydrogen) atoms. The minimum atomic E-state index is 0.00224. The van der Waals surface area contributed by atoms with Crippen molar-refractivity contribution in [3.05, 3.63) is 66.0 Å². The number of rotatable bonds is 9. The highest BCUT2D eigenvalue weighted by atomic mass is 32.2. The number of amides is 1. The maximum absolute atomic E-state index is 12.7. The van der Waals surface area contributed by atoms with Crippen molar-refractivity contribution >= 4 is 17.7 Å². The van der Waals surface area contributed by atoms with E-state index >= 15 is 0 Å². The summed E-state index contributed by atoms with van der Waals surface area (Å²) in [7, 11) is 1.66. The van der Waals surface area contributed by atoms with Gasteiger partial charge in [-0.3, -0.25) is 9.36 Å². The van der Waals surface area contributed by atoms with Gasteiger partial charge in [-0.1, -0.05) is 49.9 Å². The second-order valence-electron chi connectivity index (χ2n) is 8.17. The van der Waals surface area contributed by atoms with Crippen LogP contribution in [0.15, 0.2) is 60.0 Å². The minimum Gasteiger partial charge on any atom is -0.497 e. The van der Waals surface area contributed by atoms with Crippen molar-refractivity contribution in [2.45, 2.75) is 43.8 Å². The molecule has 1 saturated carbocycles. The Balaban J connectivity index is 1.39. The Labute approximate surface area is 187 Å². The fourth-order valence-corrected chi connectivity index (χ4v) is 4.32. The van der Waals surface area contributed by atoms with Crippen molar-refractivity contribution in [3.63, 3.8) is 0 Å². The quantitative estimate of drug-likeness (QED) is 0.490. The lowest BCUT2D eigenvalue weighted by molar-refractivity contribution is -0.119. The first-order chi connectivity index (χ1) is 15.0. The fourth-order valence-electron chi connectivity index (χ4n) is 3.58. The zero-order chi connectivity index (χ0) is 21.8. The van der Waals surface area contributed by atoms with Crippen molar-refractivity contribution in [2.24, 2.45) is 5.92 Å². The number of aromatic nitrogens is 3. The molecular formula is C24H28N4O2S. The Morgan fingerprint density at radius 1 is 1.13 bits per heavy atom. The average Bonchev–Trinajstić information content (AvgIpc) is 3.53. The first-order valence-corrected chi connectivity index (χ1v) is 11.6. The molecule has 0 saturated heterocycles. The number of carbonyl (C=O) groups excluding carboxylic acids is 1.